The highest BCUT2D eigenvalue weighted by atomic mass is 32.1. The van der Waals surface area contributed by atoms with Crippen molar-refractivity contribution in [3.63, 3.8) is 0 Å². The first-order chi connectivity index (χ1) is 8.99. The second kappa shape index (κ2) is 5.54. The quantitative estimate of drug-likeness (QED) is 0.554. The first kappa shape index (κ1) is 13.8. The predicted octanol–water partition coefficient (Wildman–Crippen LogP) is 0.532. The van der Waals surface area contributed by atoms with Crippen molar-refractivity contribution in [2.75, 3.05) is 6.54 Å². The molecule has 1 saturated heterocycles. The Morgan fingerprint density at radius 1 is 1.53 bits per heavy atom. The van der Waals surface area contributed by atoms with Gasteiger partial charge in [-0.05, 0) is 24.7 Å². The summed E-state index contributed by atoms with van der Waals surface area (Å²) in [7, 11) is 0. The van der Waals surface area contributed by atoms with Crippen LogP contribution in [0.1, 0.15) is 12.5 Å². The molecule has 2 rings (SSSR count). The number of aliphatic hydroxyl groups is 1. The van der Waals surface area contributed by atoms with Crippen LogP contribution in [-0.4, -0.2) is 28.5 Å². The van der Waals surface area contributed by atoms with E-state index in [1.54, 1.807) is 0 Å². The van der Waals surface area contributed by atoms with Gasteiger partial charge in [0.1, 0.15) is 18.2 Å². The summed E-state index contributed by atoms with van der Waals surface area (Å²) in [5.41, 5.74) is -0.487. The molecule has 2 unspecified atom stereocenters. The van der Waals surface area contributed by atoms with Gasteiger partial charge in [0.2, 0.25) is 0 Å². The van der Waals surface area contributed by atoms with Gasteiger partial charge >= 0.3 is 5.97 Å². The number of hydrogen-bond acceptors (Lipinski definition) is 4. The fourth-order valence-corrected chi connectivity index (χ4v) is 2.19. The van der Waals surface area contributed by atoms with E-state index in [4.69, 9.17) is 17.0 Å². The average Bonchev–Trinajstić information content (AvgIpc) is 2.36. The number of benzene rings is 1. The van der Waals surface area contributed by atoms with Crippen molar-refractivity contribution in [1.82, 2.24) is 10.6 Å². The highest BCUT2D eigenvalue weighted by molar-refractivity contribution is 7.80. The molecule has 0 aliphatic carbocycles. The lowest BCUT2D eigenvalue weighted by Crippen LogP contribution is -2.64. The molecule has 1 aromatic rings. The third-order valence-electron chi connectivity index (χ3n) is 3.02. The molecule has 6 heteroatoms. The van der Waals surface area contributed by atoms with Crippen LogP contribution in [0.5, 0.6) is 0 Å². The van der Waals surface area contributed by atoms with Crippen LogP contribution in [0.2, 0.25) is 0 Å². The highest BCUT2D eigenvalue weighted by Crippen LogP contribution is 2.19. The van der Waals surface area contributed by atoms with Crippen LogP contribution >= 0.6 is 12.2 Å². The summed E-state index contributed by atoms with van der Waals surface area (Å²) in [6.45, 7) is 1.96. The molecule has 0 bridgehead atoms. The van der Waals surface area contributed by atoms with Crippen LogP contribution in [0.15, 0.2) is 30.3 Å². The Kier molecular flexibility index (Phi) is 4.01. The van der Waals surface area contributed by atoms with Gasteiger partial charge in [0.05, 0.1) is 0 Å². The summed E-state index contributed by atoms with van der Waals surface area (Å²) in [5, 5.41) is 15.9. The standard InChI is InChI=1S/C13H16N2O3S/c1-13(17)10(7-14-12(19)15-13)11(16)18-8-9-5-3-2-4-6-9/h2-6,10,17H,7-8H2,1H3,(H2,14,15,19). The van der Waals surface area contributed by atoms with E-state index in [0.29, 0.717) is 5.11 Å². The van der Waals surface area contributed by atoms with Gasteiger partial charge in [-0.1, -0.05) is 30.3 Å². The minimum atomic E-state index is -1.39. The summed E-state index contributed by atoms with van der Waals surface area (Å²) in [6.07, 6.45) is 0. The van der Waals surface area contributed by atoms with Crippen molar-refractivity contribution < 1.29 is 14.6 Å². The van der Waals surface area contributed by atoms with Crippen LogP contribution in [0, 0.1) is 5.92 Å². The summed E-state index contributed by atoms with van der Waals surface area (Å²) in [5.74, 6) is -1.17. The summed E-state index contributed by atoms with van der Waals surface area (Å²) < 4.78 is 5.22. The second-order valence-electron chi connectivity index (χ2n) is 4.63. The van der Waals surface area contributed by atoms with Crippen LogP contribution in [0.3, 0.4) is 0 Å². The number of rotatable bonds is 3. The fraction of sp³-hybridized carbons (Fsp3) is 0.385. The minimum absolute atomic E-state index is 0.191. The zero-order valence-electron chi connectivity index (χ0n) is 10.6. The third-order valence-corrected chi connectivity index (χ3v) is 3.27. The maximum atomic E-state index is 12.0. The monoisotopic (exact) mass is 280 g/mol. The first-order valence-electron chi connectivity index (χ1n) is 5.98. The largest absolute Gasteiger partial charge is 0.460 e. The summed E-state index contributed by atoms with van der Waals surface area (Å²) >= 11 is 4.90. The minimum Gasteiger partial charge on any atom is -0.460 e. The molecule has 102 valence electrons. The molecular formula is C13H16N2O3S. The van der Waals surface area contributed by atoms with E-state index < -0.39 is 17.6 Å². The Bertz CT molecular complexity index is 476. The van der Waals surface area contributed by atoms with E-state index in [2.05, 4.69) is 10.6 Å². The SMILES string of the molecule is CC1(O)NC(=S)NCC1C(=O)OCc1ccccc1. The zero-order valence-corrected chi connectivity index (χ0v) is 11.4. The Balaban J connectivity index is 1.94. The maximum Gasteiger partial charge on any atom is 0.315 e. The third kappa shape index (κ3) is 3.42. The van der Waals surface area contributed by atoms with Crippen LogP contribution in [0.4, 0.5) is 0 Å². The molecule has 3 N–H and O–H groups in total. The van der Waals surface area contributed by atoms with Gasteiger partial charge in [-0.15, -0.1) is 0 Å². The fourth-order valence-electron chi connectivity index (χ4n) is 1.90. The van der Waals surface area contributed by atoms with E-state index in [9.17, 15) is 9.90 Å². The lowest BCUT2D eigenvalue weighted by Gasteiger charge is -2.37. The normalized spacial score (nSPS) is 26.2. The lowest BCUT2D eigenvalue weighted by atomic mass is 9.95. The highest BCUT2D eigenvalue weighted by Gasteiger charge is 2.42. The molecule has 0 amide bonds. The number of hydrogen-bond donors (Lipinski definition) is 3. The molecule has 0 spiro atoms. The number of thiocarbonyl (C=S) groups is 1. The number of ether oxygens (including phenoxy) is 1. The molecular weight excluding hydrogens is 264 g/mol. The van der Waals surface area contributed by atoms with E-state index in [1.807, 2.05) is 30.3 Å². The van der Waals surface area contributed by atoms with Crippen molar-refractivity contribution in [2.45, 2.75) is 19.3 Å². The number of nitrogens with one attached hydrogen (secondary N) is 2. The van der Waals surface area contributed by atoms with Crippen LogP contribution < -0.4 is 10.6 Å². The molecule has 1 fully saturated rings. The molecule has 1 heterocycles. The van der Waals surface area contributed by atoms with Crippen molar-refractivity contribution >= 4 is 23.3 Å². The van der Waals surface area contributed by atoms with E-state index in [1.165, 1.54) is 6.92 Å². The Hall–Kier alpha value is -1.66. The van der Waals surface area contributed by atoms with Gasteiger partial charge in [-0.3, -0.25) is 4.79 Å². The van der Waals surface area contributed by atoms with Gasteiger partial charge in [0, 0.05) is 6.54 Å². The zero-order chi connectivity index (χ0) is 13.9. The van der Waals surface area contributed by atoms with Crippen molar-refractivity contribution in [3.8, 4) is 0 Å². The molecule has 19 heavy (non-hydrogen) atoms. The summed E-state index contributed by atoms with van der Waals surface area (Å²) in [6, 6.07) is 9.39. The Morgan fingerprint density at radius 3 is 2.84 bits per heavy atom. The summed E-state index contributed by atoms with van der Waals surface area (Å²) in [4.78, 5) is 12.0. The smallest absolute Gasteiger partial charge is 0.315 e. The maximum absolute atomic E-state index is 12.0. The van der Waals surface area contributed by atoms with Gasteiger partial charge in [-0.25, -0.2) is 0 Å². The molecule has 0 radical (unpaired) electrons. The second-order valence-corrected chi connectivity index (χ2v) is 5.04. The van der Waals surface area contributed by atoms with Gasteiger partial charge < -0.3 is 20.5 Å². The van der Waals surface area contributed by atoms with Crippen LogP contribution in [-0.2, 0) is 16.1 Å². The van der Waals surface area contributed by atoms with Crippen LogP contribution in [0.25, 0.3) is 0 Å². The van der Waals surface area contributed by atoms with Gasteiger partial charge in [0.15, 0.2) is 5.11 Å². The lowest BCUT2D eigenvalue weighted by molar-refractivity contribution is -0.160. The van der Waals surface area contributed by atoms with Crippen molar-refractivity contribution in [1.29, 1.82) is 0 Å². The topological polar surface area (TPSA) is 70.6 Å². The molecule has 5 nitrogen and oxygen atoms in total. The number of esters is 1. The van der Waals surface area contributed by atoms with E-state index in [-0.39, 0.29) is 13.2 Å². The molecule has 1 aliphatic heterocycles. The first-order valence-corrected chi connectivity index (χ1v) is 6.39. The number of carbonyl (C=O) groups excluding carboxylic acids is 1. The van der Waals surface area contributed by atoms with Crippen molar-refractivity contribution in [2.24, 2.45) is 5.92 Å². The Morgan fingerprint density at radius 2 is 2.21 bits per heavy atom. The van der Waals surface area contributed by atoms with Gasteiger partial charge in [-0.2, -0.15) is 0 Å². The molecule has 1 aromatic carbocycles. The molecule has 2 atom stereocenters. The molecule has 1 aliphatic rings. The number of carbonyl (C=O) groups is 1. The Labute approximate surface area is 117 Å². The van der Waals surface area contributed by atoms with Gasteiger partial charge in [0.25, 0.3) is 0 Å². The average molecular weight is 280 g/mol. The van der Waals surface area contributed by atoms with E-state index in [0.717, 1.165) is 5.56 Å². The van der Waals surface area contributed by atoms with Crippen molar-refractivity contribution in [3.05, 3.63) is 35.9 Å². The molecule has 0 aromatic heterocycles. The predicted molar refractivity (Wildman–Crippen MR) is 74.1 cm³/mol. The van der Waals surface area contributed by atoms with E-state index >= 15 is 0 Å². The molecule has 0 saturated carbocycles.